The lowest BCUT2D eigenvalue weighted by Gasteiger charge is -2.22. The molecular formula is C39H43F2N9O3S. The van der Waals surface area contributed by atoms with E-state index in [-0.39, 0.29) is 4.91 Å². The van der Waals surface area contributed by atoms with Crippen molar-refractivity contribution in [3.05, 3.63) is 88.9 Å². The topological polar surface area (TPSA) is 128 Å². The lowest BCUT2D eigenvalue weighted by atomic mass is 10.1. The number of aromatic nitrogens is 4. The zero-order chi connectivity index (χ0) is 38.0. The number of benzene rings is 2. The maximum absolute atomic E-state index is 14.6. The summed E-state index contributed by atoms with van der Waals surface area (Å²) in [5, 5.41) is 1.80. The molecule has 12 nitrogen and oxygen atoms in total. The molecule has 282 valence electrons. The van der Waals surface area contributed by atoms with Crippen LogP contribution in [-0.4, -0.2) is 113 Å². The summed E-state index contributed by atoms with van der Waals surface area (Å²) in [5.41, 5.74) is 2.52. The van der Waals surface area contributed by atoms with Crippen LogP contribution in [0.1, 0.15) is 42.6 Å². The molecule has 7 rings (SSSR count). The van der Waals surface area contributed by atoms with Gasteiger partial charge in [0.05, 0.1) is 41.1 Å². The highest BCUT2D eigenvalue weighted by Crippen LogP contribution is 2.29. The van der Waals surface area contributed by atoms with Crippen molar-refractivity contribution in [2.45, 2.75) is 26.7 Å². The fourth-order valence-electron chi connectivity index (χ4n) is 6.52. The van der Waals surface area contributed by atoms with Gasteiger partial charge in [-0.25, -0.2) is 18.7 Å². The number of thioether (sulfide) groups is 1. The fraction of sp³-hybridized carbons (Fsp3) is 0.359. The standard InChI is InChI=1S/C21H22FN5O2S.C18H21FN4O/c1-2-26-6-3-7-27(9-8-26)19-13-23-12-17(24-19)15-10-14(4-5-16(15)22)11-18-20(28)25-21(29)30-18;1-2-22-6-3-7-23(9-8-22)18-12-20-11-17(21-18)15-10-14(13-24)4-5-16(15)19/h4-5,10-13H,2-3,6-9H2,1H3,(H,25,28,29);4-5,10-13H,2-3,6-9H2,1H3/b18-11-;. The fourth-order valence-corrected chi connectivity index (χ4v) is 7.20. The predicted octanol–water partition coefficient (Wildman–Crippen LogP) is 5.77. The molecular weight excluding hydrogens is 713 g/mol. The van der Waals surface area contributed by atoms with Gasteiger partial charge in [0.15, 0.2) is 0 Å². The maximum atomic E-state index is 14.6. The Hall–Kier alpha value is -5.12. The highest BCUT2D eigenvalue weighted by Gasteiger charge is 2.25. The molecule has 3 aliphatic rings. The van der Waals surface area contributed by atoms with E-state index in [0.29, 0.717) is 39.9 Å². The smallest absolute Gasteiger partial charge is 0.290 e. The summed E-state index contributed by atoms with van der Waals surface area (Å²) >= 11 is 0.829. The average Bonchev–Trinajstić information content (AvgIpc) is 3.40. The van der Waals surface area contributed by atoms with Crippen LogP contribution in [0.4, 0.5) is 25.2 Å². The van der Waals surface area contributed by atoms with E-state index in [0.717, 1.165) is 102 Å². The third kappa shape index (κ3) is 9.70. The number of aldehydes is 1. The van der Waals surface area contributed by atoms with Crippen molar-refractivity contribution < 1.29 is 23.2 Å². The molecule has 3 fully saturated rings. The second-order valence-corrected chi connectivity index (χ2v) is 14.0. The average molecular weight is 756 g/mol. The Balaban J connectivity index is 0.000000189. The van der Waals surface area contributed by atoms with Crippen LogP contribution in [0, 0.1) is 11.6 Å². The minimum atomic E-state index is -0.444. The minimum absolute atomic E-state index is 0.280. The molecule has 0 saturated carbocycles. The van der Waals surface area contributed by atoms with Gasteiger partial charge >= 0.3 is 0 Å². The number of likely N-dealkylation sites (N-methyl/N-ethyl adjacent to an activating group) is 2. The number of imide groups is 1. The zero-order valence-electron chi connectivity index (χ0n) is 30.4. The number of halogens is 2. The number of hydrogen-bond acceptors (Lipinski definition) is 12. The van der Waals surface area contributed by atoms with Crippen LogP contribution in [0.3, 0.4) is 0 Å². The molecule has 2 aromatic heterocycles. The van der Waals surface area contributed by atoms with Gasteiger partial charge in [-0.2, -0.15) is 0 Å². The summed E-state index contributed by atoms with van der Waals surface area (Å²) in [6.45, 7) is 14.0. The van der Waals surface area contributed by atoms with Crippen LogP contribution in [-0.2, 0) is 4.79 Å². The van der Waals surface area contributed by atoms with E-state index in [4.69, 9.17) is 0 Å². The molecule has 1 N–H and O–H groups in total. The molecule has 0 radical (unpaired) electrons. The first-order valence-electron chi connectivity index (χ1n) is 18.1. The number of rotatable bonds is 8. The highest BCUT2D eigenvalue weighted by molar-refractivity contribution is 8.18. The van der Waals surface area contributed by atoms with Crippen LogP contribution in [0.15, 0.2) is 66.1 Å². The van der Waals surface area contributed by atoms with E-state index in [1.54, 1.807) is 30.6 Å². The molecule has 0 aliphatic carbocycles. The quantitative estimate of drug-likeness (QED) is 0.173. The molecule has 3 aliphatic heterocycles. The van der Waals surface area contributed by atoms with Crippen LogP contribution >= 0.6 is 11.8 Å². The van der Waals surface area contributed by atoms with Crippen molar-refractivity contribution in [2.75, 3.05) is 75.2 Å². The number of carbonyl (C=O) groups is 3. The van der Waals surface area contributed by atoms with Gasteiger partial charge in [0.25, 0.3) is 11.1 Å². The Morgan fingerprint density at radius 3 is 1.70 bits per heavy atom. The van der Waals surface area contributed by atoms with Gasteiger partial charge < -0.3 is 19.6 Å². The molecule has 15 heteroatoms. The summed E-state index contributed by atoms with van der Waals surface area (Å²) in [4.78, 5) is 61.3. The predicted molar refractivity (Wildman–Crippen MR) is 207 cm³/mol. The third-order valence-electron chi connectivity index (χ3n) is 9.57. The van der Waals surface area contributed by atoms with Gasteiger partial charge in [0.2, 0.25) is 0 Å². The van der Waals surface area contributed by atoms with E-state index < -0.39 is 22.8 Å². The summed E-state index contributed by atoms with van der Waals surface area (Å²) < 4.78 is 28.7. The van der Waals surface area contributed by atoms with Gasteiger partial charge in [-0.15, -0.1) is 0 Å². The molecule has 2 amide bonds. The molecule has 54 heavy (non-hydrogen) atoms. The molecule has 0 unspecified atom stereocenters. The van der Waals surface area contributed by atoms with Crippen molar-refractivity contribution in [3.8, 4) is 22.5 Å². The van der Waals surface area contributed by atoms with Crippen molar-refractivity contribution >= 4 is 46.9 Å². The molecule has 5 heterocycles. The second-order valence-electron chi connectivity index (χ2n) is 13.0. The van der Waals surface area contributed by atoms with E-state index in [1.807, 2.05) is 0 Å². The van der Waals surface area contributed by atoms with Gasteiger partial charge in [-0.1, -0.05) is 19.9 Å². The molecule has 0 spiro atoms. The Kier molecular flexibility index (Phi) is 13.1. The summed E-state index contributed by atoms with van der Waals surface area (Å²) in [6.07, 6.45) is 10.9. The van der Waals surface area contributed by atoms with Crippen LogP contribution in [0.25, 0.3) is 28.6 Å². The van der Waals surface area contributed by atoms with Crippen LogP contribution in [0.5, 0.6) is 0 Å². The number of nitrogens with zero attached hydrogens (tertiary/aromatic N) is 8. The lowest BCUT2D eigenvalue weighted by Crippen LogP contribution is -2.31. The van der Waals surface area contributed by atoms with Gasteiger partial charge in [-0.3, -0.25) is 29.7 Å². The first-order chi connectivity index (χ1) is 26.2. The minimum Gasteiger partial charge on any atom is -0.354 e. The molecule has 0 bridgehead atoms. The van der Waals surface area contributed by atoms with Gasteiger partial charge in [0.1, 0.15) is 29.6 Å². The first kappa shape index (κ1) is 38.6. The molecule has 0 atom stereocenters. The number of hydrogen-bond donors (Lipinski definition) is 1. The number of anilines is 2. The van der Waals surface area contributed by atoms with E-state index in [1.165, 1.54) is 36.7 Å². The van der Waals surface area contributed by atoms with E-state index in [9.17, 15) is 23.2 Å². The number of amides is 2. The molecule has 2 aromatic carbocycles. The lowest BCUT2D eigenvalue weighted by molar-refractivity contribution is -0.115. The first-order valence-corrected chi connectivity index (χ1v) is 18.9. The third-order valence-corrected chi connectivity index (χ3v) is 10.4. The molecule has 3 saturated heterocycles. The summed E-state index contributed by atoms with van der Waals surface area (Å²) in [7, 11) is 0. The largest absolute Gasteiger partial charge is 0.354 e. The van der Waals surface area contributed by atoms with Crippen molar-refractivity contribution in [1.82, 2.24) is 35.1 Å². The highest BCUT2D eigenvalue weighted by atomic mass is 32.2. The number of carbonyl (C=O) groups excluding carboxylic acids is 3. The normalized spacial score (nSPS) is 17.8. The van der Waals surface area contributed by atoms with Crippen LogP contribution < -0.4 is 15.1 Å². The van der Waals surface area contributed by atoms with Crippen molar-refractivity contribution in [1.29, 1.82) is 0 Å². The van der Waals surface area contributed by atoms with Gasteiger partial charge in [-0.05, 0) is 92.8 Å². The van der Waals surface area contributed by atoms with Gasteiger partial charge in [0, 0.05) is 56.0 Å². The molecule has 4 aromatic rings. The van der Waals surface area contributed by atoms with Crippen LogP contribution in [0.2, 0.25) is 0 Å². The van der Waals surface area contributed by atoms with E-state index in [2.05, 4.69) is 58.7 Å². The summed E-state index contributed by atoms with van der Waals surface area (Å²) in [5.74, 6) is 0.211. The maximum Gasteiger partial charge on any atom is 0.290 e. The Morgan fingerprint density at radius 1 is 0.704 bits per heavy atom. The summed E-state index contributed by atoms with van der Waals surface area (Å²) in [6, 6.07) is 8.77. The SMILES string of the molecule is CCN1CCCN(c2cncc(-c3cc(/C=C4\SC(=O)NC4=O)ccc3F)n2)CC1.CCN1CCCN(c2cncc(-c3cc(C=O)ccc3F)n2)CC1. The second kappa shape index (κ2) is 18.3. The zero-order valence-corrected chi connectivity index (χ0v) is 31.2. The number of nitrogens with one attached hydrogen (secondary N) is 1. The Bertz CT molecular complexity index is 2020. The van der Waals surface area contributed by atoms with Crippen molar-refractivity contribution in [2.24, 2.45) is 0 Å². The monoisotopic (exact) mass is 755 g/mol. The Morgan fingerprint density at radius 2 is 1.22 bits per heavy atom. The van der Waals surface area contributed by atoms with E-state index >= 15 is 0 Å². The van der Waals surface area contributed by atoms with Crippen molar-refractivity contribution in [3.63, 3.8) is 0 Å². The Labute approximate surface area is 317 Å².